The Morgan fingerprint density at radius 2 is 2.05 bits per heavy atom. The highest BCUT2D eigenvalue weighted by atomic mass is 35.5. The Balaban J connectivity index is 2.06. The van der Waals surface area contributed by atoms with E-state index in [0.29, 0.717) is 18.1 Å². The van der Waals surface area contributed by atoms with Gasteiger partial charge in [0.25, 0.3) is 0 Å². The average molecular weight is 345 g/mol. The van der Waals surface area contributed by atoms with Gasteiger partial charge in [-0.1, -0.05) is 11.6 Å². The van der Waals surface area contributed by atoms with Gasteiger partial charge in [0.05, 0.1) is 4.90 Å². The smallest absolute Gasteiger partial charge is 0.238 e. The quantitative estimate of drug-likeness (QED) is 0.901. The van der Waals surface area contributed by atoms with Gasteiger partial charge in [-0.2, -0.15) is 0 Å². The Morgan fingerprint density at radius 1 is 1.41 bits per heavy atom. The van der Waals surface area contributed by atoms with Gasteiger partial charge in [0, 0.05) is 24.2 Å². The number of sulfone groups is 1. The Bertz CT molecular complexity index is 629. The fourth-order valence-electron chi connectivity index (χ4n) is 2.64. The molecule has 0 aliphatic carbocycles. The van der Waals surface area contributed by atoms with Gasteiger partial charge >= 0.3 is 0 Å². The van der Waals surface area contributed by atoms with Gasteiger partial charge in [0.2, 0.25) is 5.91 Å². The molecule has 0 bridgehead atoms. The largest absolute Gasteiger partial charge is 0.341 e. The van der Waals surface area contributed by atoms with E-state index in [-0.39, 0.29) is 22.8 Å². The molecule has 2 N–H and O–H groups in total. The Morgan fingerprint density at radius 3 is 2.64 bits per heavy atom. The minimum atomic E-state index is -3.64. The van der Waals surface area contributed by atoms with Gasteiger partial charge in [-0.3, -0.25) is 4.79 Å². The summed E-state index contributed by atoms with van der Waals surface area (Å²) in [6.45, 7) is 3.05. The number of carbonyl (C=O) groups is 1. The zero-order valence-electron chi connectivity index (χ0n) is 12.5. The molecule has 1 aromatic carbocycles. The number of likely N-dealkylation sites (tertiary alicyclic amines) is 1. The van der Waals surface area contributed by atoms with E-state index in [1.165, 1.54) is 24.3 Å². The maximum absolute atomic E-state index is 12.3. The molecule has 0 unspecified atom stereocenters. The summed E-state index contributed by atoms with van der Waals surface area (Å²) in [4.78, 5) is 14.0. The van der Waals surface area contributed by atoms with Gasteiger partial charge in [0.15, 0.2) is 9.84 Å². The number of benzene rings is 1. The zero-order valence-corrected chi connectivity index (χ0v) is 14.1. The first-order valence-electron chi connectivity index (χ1n) is 7.31. The summed E-state index contributed by atoms with van der Waals surface area (Å²) in [6, 6.07) is 5.86. The molecule has 1 aromatic rings. The molecule has 0 spiro atoms. The van der Waals surface area contributed by atoms with E-state index in [1.54, 1.807) is 4.90 Å². The molecule has 0 aromatic heterocycles. The number of nitrogens with two attached hydrogens (primary N) is 1. The minimum Gasteiger partial charge on any atom is -0.341 e. The van der Waals surface area contributed by atoms with Crippen LogP contribution in [0, 0.1) is 5.92 Å². The van der Waals surface area contributed by atoms with Crippen molar-refractivity contribution in [3.63, 3.8) is 0 Å². The van der Waals surface area contributed by atoms with Crippen LogP contribution in [0.2, 0.25) is 5.02 Å². The molecule has 1 aliphatic heterocycles. The predicted octanol–water partition coefficient (Wildman–Crippen LogP) is 1.70. The molecular formula is C15H21ClN2O3S. The zero-order chi connectivity index (χ0) is 16.3. The van der Waals surface area contributed by atoms with Crippen LogP contribution in [0.1, 0.15) is 19.8 Å². The summed E-state index contributed by atoms with van der Waals surface area (Å²) in [5.74, 6) is -0.642. The molecule has 1 amide bonds. The van der Waals surface area contributed by atoms with Gasteiger partial charge < -0.3 is 10.6 Å². The summed E-state index contributed by atoms with van der Waals surface area (Å²) in [7, 11) is -3.64. The number of nitrogens with zero attached hydrogens (tertiary/aromatic N) is 1. The van der Waals surface area contributed by atoms with E-state index >= 15 is 0 Å². The maximum atomic E-state index is 12.3. The summed E-state index contributed by atoms with van der Waals surface area (Å²) in [5.41, 5.74) is 5.89. The number of rotatable bonds is 4. The van der Waals surface area contributed by atoms with Crippen molar-refractivity contribution in [3.05, 3.63) is 29.3 Å². The van der Waals surface area contributed by atoms with Crippen molar-refractivity contribution in [3.8, 4) is 0 Å². The van der Waals surface area contributed by atoms with Crippen LogP contribution in [0.3, 0.4) is 0 Å². The summed E-state index contributed by atoms with van der Waals surface area (Å²) >= 11 is 5.75. The third-order valence-corrected chi connectivity index (χ3v) is 5.91. The molecule has 5 nitrogen and oxygen atoms in total. The predicted molar refractivity (Wildman–Crippen MR) is 86.5 cm³/mol. The molecular weight excluding hydrogens is 324 g/mol. The Hall–Kier alpha value is -1.11. The van der Waals surface area contributed by atoms with Crippen molar-refractivity contribution in [2.45, 2.75) is 30.7 Å². The number of hydrogen-bond donors (Lipinski definition) is 1. The average Bonchev–Trinajstić information content (AvgIpc) is 2.47. The van der Waals surface area contributed by atoms with Gasteiger partial charge in [0.1, 0.15) is 5.75 Å². The lowest BCUT2D eigenvalue weighted by Crippen LogP contribution is -2.46. The number of halogens is 1. The van der Waals surface area contributed by atoms with Crippen LogP contribution < -0.4 is 5.73 Å². The fraction of sp³-hybridized carbons (Fsp3) is 0.533. The highest BCUT2D eigenvalue weighted by Crippen LogP contribution is 2.20. The van der Waals surface area contributed by atoms with Crippen molar-refractivity contribution in [2.24, 2.45) is 11.7 Å². The lowest BCUT2D eigenvalue weighted by Gasteiger charge is -2.34. The maximum Gasteiger partial charge on any atom is 0.238 e. The van der Waals surface area contributed by atoms with Crippen molar-refractivity contribution in [1.29, 1.82) is 0 Å². The van der Waals surface area contributed by atoms with Crippen LogP contribution in [0.4, 0.5) is 0 Å². The molecule has 0 radical (unpaired) electrons. The topological polar surface area (TPSA) is 80.5 Å². The van der Waals surface area contributed by atoms with Crippen molar-refractivity contribution >= 4 is 27.3 Å². The second kappa shape index (κ2) is 6.98. The van der Waals surface area contributed by atoms with Gasteiger partial charge in [-0.15, -0.1) is 0 Å². The highest BCUT2D eigenvalue weighted by Gasteiger charge is 2.29. The SMILES string of the molecule is C[C@H](N)[C@@H]1CCCN(C(=O)CS(=O)(=O)c2ccc(Cl)cc2)C1. The first-order chi connectivity index (χ1) is 10.3. The molecule has 1 aliphatic rings. The highest BCUT2D eigenvalue weighted by molar-refractivity contribution is 7.92. The molecule has 1 heterocycles. The second-order valence-corrected chi connectivity index (χ2v) is 8.24. The van der Waals surface area contributed by atoms with Gasteiger partial charge in [-0.05, 0) is 49.9 Å². The third kappa shape index (κ3) is 4.21. The molecule has 7 heteroatoms. The molecule has 2 rings (SSSR count). The molecule has 2 atom stereocenters. The standard InChI is InChI=1S/C15H21ClN2O3S/c1-11(17)12-3-2-8-18(9-12)15(19)10-22(20,21)14-6-4-13(16)5-7-14/h4-7,11-12H,2-3,8-10,17H2,1H3/t11-,12+/m0/s1. The van der Waals surface area contributed by atoms with Crippen molar-refractivity contribution in [2.75, 3.05) is 18.8 Å². The number of piperidine rings is 1. The second-order valence-electron chi connectivity index (χ2n) is 5.81. The van der Waals surface area contributed by atoms with Crippen LogP contribution in [0.5, 0.6) is 0 Å². The van der Waals surface area contributed by atoms with E-state index < -0.39 is 15.6 Å². The first kappa shape index (κ1) is 17.2. The lowest BCUT2D eigenvalue weighted by atomic mass is 9.92. The van der Waals surface area contributed by atoms with Crippen LogP contribution in [-0.4, -0.2) is 44.1 Å². The van der Waals surface area contributed by atoms with E-state index in [2.05, 4.69) is 0 Å². The summed E-state index contributed by atoms with van der Waals surface area (Å²) in [6.07, 6.45) is 1.84. The third-order valence-electron chi connectivity index (χ3n) is 4.04. The minimum absolute atomic E-state index is 0.00322. The monoisotopic (exact) mass is 344 g/mol. The number of carbonyl (C=O) groups excluding carboxylic acids is 1. The summed E-state index contributed by atoms with van der Waals surface area (Å²) < 4.78 is 24.6. The fourth-order valence-corrected chi connectivity index (χ4v) is 4.00. The summed E-state index contributed by atoms with van der Waals surface area (Å²) in [5, 5.41) is 0.459. The van der Waals surface area contributed by atoms with E-state index in [9.17, 15) is 13.2 Å². The van der Waals surface area contributed by atoms with Crippen LogP contribution in [0.15, 0.2) is 29.2 Å². The Labute approximate surface area is 136 Å². The van der Waals surface area contributed by atoms with Crippen LogP contribution in [0.25, 0.3) is 0 Å². The lowest BCUT2D eigenvalue weighted by molar-refractivity contribution is -0.130. The van der Waals surface area contributed by atoms with Gasteiger partial charge in [-0.25, -0.2) is 8.42 Å². The number of amides is 1. The van der Waals surface area contributed by atoms with E-state index in [1.807, 2.05) is 6.92 Å². The normalized spacial score (nSPS) is 20.7. The molecule has 0 saturated carbocycles. The molecule has 1 saturated heterocycles. The van der Waals surface area contributed by atoms with E-state index in [0.717, 1.165) is 12.8 Å². The molecule has 122 valence electrons. The molecule has 1 fully saturated rings. The first-order valence-corrected chi connectivity index (χ1v) is 9.34. The van der Waals surface area contributed by atoms with Crippen LogP contribution >= 0.6 is 11.6 Å². The van der Waals surface area contributed by atoms with Crippen LogP contribution in [-0.2, 0) is 14.6 Å². The molecule has 22 heavy (non-hydrogen) atoms. The van der Waals surface area contributed by atoms with E-state index in [4.69, 9.17) is 17.3 Å². The van der Waals surface area contributed by atoms with Crippen molar-refractivity contribution < 1.29 is 13.2 Å². The number of hydrogen-bond acceptors (Lipinski definition) is 4. The van der Waals surface area contributed by atoms with Crippen molar-refractivity contribution in [1.82, 2.24) is 4.90 Å². The Kier molecular flexibility index (Phi) is 5.47.